The number of carbonyl (C=O) groups excluding carboxylic acids is 1. The van der Waals surface area contributed by atoms with Crippen molar-refractivity contribution in [3.05, 3.63) is 76.0 Å². The second-order valence-electron chi connectivity index (χ2n) is 5.93. The lowest BCUT2D eigenvalue weighted by Crippen LogP contribution is -2.24. The first kappa shape index (κ1) is 20.6. The molecule has 3 rings (SSSR count). The van der Waals surface area contributed by atoms with Crippen LogP contribution in [-0.4, -0.2) is 17.4 Å². The van der Waals surface area contributed by atoms with Gasteiger partial charge in [0.25, 0.3) is 5.91 Å². The zero-order valence-corrected chi connectivity index (χ0v) is 16.5. The molecule has 29 heavy (non-hydrogen) atoms. The predicted octanol–water partition coefficient (Wildman–Crippen LogP) is 5.63. The van der Waals surface area contributed by atoms with Crippen molar-refractivity contribution in [2.24, 2.45) is 0 Å². The summed E-state index contributed by atoms with van der Waals surface area (Å²) in [5, 5.41) is 11.9. The molecule has 3 aromatic rings. The summed E-state index contributed by atoms with van der Waals surface area (Å²) in [5.74, 6) is -0.434. The third-order valence-corrected chi connectivity index (χ3v) is 4.34. The number of aromatic nitrogens is 1. The van der Waals surface area contributed by atoms with E-state index in [1.807, 2.05) is 6.07 Å². The molecule has 1 amide bonds. The first-order valence-corrected chi connectivity index (χ1v) is 9.28. The first-order valence-electron chi connectivity index (χ1n) is 8.52. The van der Waals surface area contributed by atoms with E-state index in [0.29, 0.717) is 27.1 Å². The monoisotopic (exact) mass is 429 g/mol. The number of hydrogen-bond donors (Lipinski definition) is 1. The van der Waals surface area contributed by atoms with Crippen LogP contribution in [-0.2, 0) is 0 Å². The van der Waals surface area contributed by atoms with Crippen LogP contribution in [0.25, 0.3) is 11.3 Å². The lowest BCUT2D eigenvalue weighted by Gasteiger charge is -2.10. The molecule has 0 spiro atoms. The second kappa shape index (κ2) is 9.37. The molecule has 0 aliphatic carbocycles. The van der Waals surface area contributed by atoms with Gasteiger partial charge in [-0.1, -0.05) is 29.3 Å². The minimum absolute atomic E-state index is 0.131. The quantitative estimate of drug-likeness (QED) is 0.515. The number of ether oxygens (including phenoxy) is 1. The van der Waals surface area contributed by atoms with Gasteiger partial charge in [-0.3, -0.25) is 4.79 Å². The molecule has 0 saturated carbocycles. The Balaban J connectivity index is 1.86. The molecule has 1 N–H and O–H groups in total. The number of nitrogens with zero attached hydrogens (tertiary/aromatic N) is 2. The highest BCUT2D eigenvalue weighted by molar-refractivity contribution is 6.35. The average Bonchev–Trinajstić information content (AvgIpc) is 2.70. The van der Waals surface area contributed by atoms with E-state index in [1.165, 1.54) is 12.1 Å². The normalized spacial score (nSPS) is 10.3. The molecule has 1 aromatic heterocycles. The predicted molar refractivity (Wildman–Crippen MR) is 109 cm³/mol. The topological polar surface area (TPSA) is 75.0 Å². The molecule has 2 aromatic carbocycles. The van der Waals surface area contributed by atoms with Gasteiger partial charge in [0.1, 0.15) is 11.6 Å². The lowest BCUT2D eigenvalue weighted by atomic mass is 10.1. The van der Waals surface area contributed by atoms with Crippen LogP contribution in [0.2, 0.25) is 10.0 Å². The van der Waals surface area contributed by atoms with Crippen LogP contribution in [0.1, 0.15) is 16.8 Å². The molecule has 0 fully saturated rings. The van der Waals surface area contributed by atoms with E-state index in [-0.39, 0.29) is 24.4 Å². The van der Waals surface area contributed by atoms with Crippen LogP contribution in [0.4, 0.5) is 4.39 Å². The van der Waals surface area contributed by atoms with Crippen molar-refractivity contribution in [2.45, 2.75) is 6.42 Å². The van der Waals surface area contributed by atoms with E-state index in [4.69, 9.17) is 33.2 Å². The maximum absolute atomic E-state index is 14.1. The van der Waals surface area contributed by atoms with Crippen molar-refractivity contribution in [3.8, 4) is 29.0 Å². The van der Waals surface area contributed by atoms with E-state index in [2.05, 4.69) is 10.3 Å². The number of pyridine rings is 1. The molecule has 0 saturated heterocycles. The van der Waals surface area contributed by atoms with Crippen LogP contribution in [0.15, 0.2) is 54.6 Å². The summed E-state index contributed by atoms with van der Waals surface area (Å²) >= 11 is 12.0. The van der Waals surface area contributed by atoms with Crippen molar-refractivity contribution in [1.82, 2.24) is 10.3 Å². The molecule has 146 valence electrons. The zero-order chi connectivity index (χ0) is 20.8. The highest BCUT2D eigenvalue weighted by atomic mass is 35.5. The van der Waals surface area contributed by atoms with E-state index >= 15 is 0 Å². The Bertz CT molecular complexity index is 1100. The first-order chi connectivity index (χ1) is 14.0. The van der Waals surface area contributed by atoms with Crippen molar-refractivity contribution in [3.63, 3.8) is 0 Å². The van der Waals surface area contributed by atoms with Crippen LogP contribution >= 0.6 is 23.2 Å². The fourth-order valence-corrected chi connectivity index (χ4v) is 2.95. The summed E-state index contributed by atoms with van der Waals surface area (Å²) in [4.78, 5) is 16.5. The molecule has 0 aliphatic heterocycles. The second-order valence-corrected chi connectivity index (χ2v) is 6.77. The Hall–Kier alpha value is -3.14. The standard InChI is InChI=1S/C21H14Cl2FN3O2/c22-15-5-6-19(17(23)12-15)29-20-4-1-3-18(27-20)13-9-14(11-16(24)10-13)21(28)26-8-2-7-25/h1,3-6,9-12H,2,8H2,(H,26,28). The average molecular weight is 430 g/mol. The molecule has 0 radical (unpaired) electrons. The zero-order valence-electron chi connectivity index (χ0n) is 15.0. The van der Waals surface area contributed by atoms with Crippen molar-refractivity contribution in [1.29, 1.82) is 5.26 Å². The number of carbonyl (C=O) groups is 1. The van der Waals surface area contributed by atoms with Gasteiger partial charge in [-0.2, -0.15) is 5.26 Å². The number of rotatable bonds is 6. The third-order valence-electron chi connectivity index (χ3n) is 3.81. The molecule has 0 unspecified atom stereocenters. The molecule has 0 aliphatic rings. The smallest absolute Gasteiger partial charge is 0.251 e. The summed E-state index contributed by atoms with van der Waals surface area (Å²) < 4.78 is 19.8. The summed E-state index contributed by atoms with van der Waals surface area (Å²) in [6.45, 7) is 0.185. The third kappa shape index (κ3) is 5.44. The van der Waals surface area contributed by atoms with Gasteiger partial charge in [0.15, 0.2) is 0 Å². The Morgan fingerprint density at radius 1 is 1.17 bits per heavy atom. The van der Waals surface area contributed by atoms with Gasteiger partial charge in [-0.05, 0) is 42.5 Å². The van der Waals surface area contributed by atoms with Crippen LogP contribution in [0.3, 0.4) is 0 Å². The number of benzene rings is 2. The van der Waals surface area contributed by atoms with Gasteiger partial charge in [-0.15, -0.1) is 0 Å². The van der Waals surface area contributed by atoms with Crippen LogP contribution in [0, 0.1) is 17.1 Å². The summed E-state index contributed by atoms with van der Waals surface area (Å²) in [6, 6.07) is 15.6. The fourth-order valence-electron chi connectivity index (χ4n) is 2.51. The Kier molecular flexibility index (Phi) is 6.65. The molecule has 0 atom stereocenters. The largest absolute Gasteiger partial charge is 0.437 e. The number of nitriles is 1. The molecular formula is C21H14Cl2FN3O2. The number of nitrogens with one attached hydrogen (secondary N) is 1. The van der Waals surface area contributed by atoms with Crippen LogP contribution < -0.4 is 10.1 Å². The Labute approximate surface area is 176 Å². The number of hydrogen-bond acceptors (Lipinski definition) is 4. The lowest BCUT2D eigenvalue weighted by molar-refractivity contribution is 0.0954. The van der Waals surface area contributed by atoms with E-state index in [9.17, 15) is 9.18 Å². The Morgan fingerprint density at radius 3 is 2.76 bits per heavy atom. The molecule has 5 nitrogen and oxygen atoms in total. The van der Waals surface area contributed by atoms with Gasteiger partial charge in [0.05, 0.1) is 23.2 Å². The maximum Gasteiger partial charge on any atom is 0.251 e. The van der Waals surface area contributed by atoms with Gasteiger partial charge in [0, 0.05) is 28.8 Å². The number of amides is 1. The number of halogens is 3. The fraction of sp³-hybridized carbons (Fsp3) is 0.0952. The maximum atomic E-state index is 14.1. The van der Waals surface area contributed by atoms with Crippen molar-refractivity contribution >= 4 is 29.1 Å². The molecule has 1 heterocycles. The minimum atomic E-state index is -0.582. The highest BCUT2D eigenvalue weighted by Crippen LogP contribution is 2.31. The summed E-state index contributed by atoms with van der Waals surface area (Å²) in [5.41, 5.74) is 0.952. The summed E-state index contributed by atoms with van der Waals surface area (Å²) in [6.07, 6.45) is 0.169. The van der Waals surface area contributed by atoms with Gasteiger partial charge in [0.2, 0.25) is 5.88 Å². The van der Waals surface area contributed by atoms with Crippen molar-refractivity contribution < 1.29 is 13.9 Å². The van der Waals surface area contributed by atoms with Crippen LogP contribution in [0.5, 0.6) is 11.6 Å². The van der Waals surface area contributed by atoms with Crippen molar-refractivity contribution in [2.75, 3.05) is 6.54 Å². The minimum Gasteiger partial charge on any atom is -0.437 e. The SMILES string of the molecule is N#CCCNC(=O)c1cc(F)cc(-c2cccc(Oc3ccc(Cl)cc3Cl)n2)c1. The van der Waals surface area contributed by atoms with Gasteiger partial charge in [-0.25, -0.2) is 9.37 Å². The van der Waals surface area contributed by atoms with Gasteiger partial charge < -0.3 is 10.1 Å². The van der Waals surface area contributed by atoms with E-state index in [0.717, 1.165) is 6.07 Å². The van der Waals surface area contributed by atoms with E-state index in [1.54, 1.807) is 36.4 Å². The summed E-state index contributed by atoms with van der Waals surface area (Å²) in [7, 11) is 0. The molecule has 8 heteroatoms. The van der Waals surface area contributed by atoms with E-state index < -0.39 is 11.7 Å². The molecular weight excluding hydrogens is 416 g/mol. The van der Waals surface area contributed by atoms with Gasteiger partial charge >= 0.3 is 0 Å². The Morgan fingerprint density at radius 2 is 2.00 bits per heavy atom. The highest BCUT2D eigenvalue weighted by Gasteiger charge is 2.12. The molecule has 0 bridgehead atoms.